The standard InChI is InChI=1S/C22H18N2O2S/c1-17-16-19-12-8-9-15-24(19)22(17)21(18-10-4-2-5-11-18)23-27(25,26)20-13-6-3-7-14-20/h2-16H,1H3/b23-21+. The minimum absolute atomic E-state index is 0.178. The summed E-state index contributed by atoms with van der Waals surface area (Å²) in [5.41, 5.74) is 3.92. The van der Waals surface area contributed by atoms with Crippen LogP contribution in [0.4, 0.5) is 0 Å². The molecule has 2 aromatic heterocycles. The van der Waals surface area contributed by atoms with Crippen molar-refractivity contribution in [3.05, 3.63) is 108 Å². The molecule has 0 fully saturated rings. The molecule has 4 rings (SSSR count). The maximum atomic E-state index is 13.0. The van der Waals surface area contributed by atoms with Crippen molar-refractivity contribution in [1.82, 2.24) is 4.40 Å². The van der Waals surface area contributed by atoms with E-state index in [0.717, 1.165) is 22.3 Å². The Balaban J connectivity index is 2.00. The first-order chi connectivity index (χ1) is 13.1. The SMILES string of the molecule is Cc1cc2ccccn2c1/C(=N/S(=O)(=O)c1ccccc1)c1ccccc1. The van der Waals surface area contributed by atoms with Crippen LogP contribution in [0, 0.1) is 6.92 Å². The highest BCUT2D eigenvalue weighted by Gasteiger charge is 2.20. The molecule has 27 heavy (non-hydrogen) atoms. The summed E-state index contributed by atoms with van der Waals surface area (Å²) in [6.45, 7) is 1.97. The van der Waals surface area contributed by atoms with Gasteiger partial charge in [0.2, 0.25) is 0 Å². The van der Waals surface area contributed by atoms with Gasteiger partial charge in [0, 0.05) is 17.3 Å². The summed E-state index contributed by atoms with van der Waals surface area (Å²) < 4.78 is 32.2. The van der Waals surface area contributed by atoms with Gasteiger partial charge in [0.25, 0.3) is 10.0 Å². The van der Waals surface area contributed by atoms with E-state index in [1.165, 1.54) is 0 Å². The highest BCUT2D eigenvalue weighted by atomic mass is 32.2. The fourth-order valence-corrected chi connectivity index (χ4v) is 4.19. The van der Waals surface area contributed by atoms with Crippen molar-refractivity contribution in [2.75, 3.05) is 0 Å². The number of aromatic nitrogens is 1. The zero-order chi connectivity index (χ0) is 18.9. The van der Waals surface area contributed by atoms with E-state index in [4.69, 9.17) is 0 Å². The number of hydrogen-bond donors (Lipinski definition) is 0. The van der Waals surface area contributed by atoms with Crippen molar-refractivity contribution >= 4 is 21.3 Å². The van der Waals surface area contributed by atoms with Gasteiger partial charge in [-0.15, -0.1) is 0 Å². The van der Waals surface area contributed by atoms with Gasteiger partial charge in [-0.1, -0.05) is 54.6 Å². The molecule has 5 heteroatoms. The van der Waals surface area contributed by atoms with Crippen molar-refractivity contribution < 1.29 is 8.42 Å². The van der Waals surface area contributed by atoms with E-state index in [2.05, 4.69) is 4.40 Å². The van der Waals surface area contributed by atoms with Crippen LogP contribution in [0.2, 0.25) is 0 Å². The van der Waals surface area contributed by atoms with Crippen LogP contribution in [0.1, 0.15) is 16.8 Å². The zero-order valence-corrected chi connectivity index (χ0v) is 15.6. The molecule has 0 atom stereocenters. The van der Waals surface area contributed by atoms with Gasteiger partial charge in [0.15, 0.2) is 0 Å². The third-order valence-electron chi connectivity index (χ3n) is 4.39. The van der Waals surface area contributed by atoms with Crippen LogP contribution in [0.25, 0.3) is 5.52 Å². The molecule has 0 bridgehead atoms. The summed E-state index contributed by atoms with van der Waals surface area (Å²) >= 11 is 0. The first-order valence-corrected chi connectivity index (χ1v) is 10.0. The Morgan fingerprint density at radius 2 is 1.48 bits per heavy atom. The summed E-state index contributed by atoms with van der Waals surface area (Å²) in [5.74, 6) is 0. The summed E-state index contributed by atoms with van der Waals surface area (Å²) in [6, 6.07) is 25.6. The molecular formula is C22H18N2O2S. The number of nitrogens with zero attached hydrogens (tertiary/aromatic N) is 2. The van der Waals surface area contributed by atoms with Crippen LogP contribution in [-0.4, -0.2) is 18.5 Å². The third-order valence-corrected chi connectivity index (χ3v) is 5.69. The quantitative estimate of drug-likeness (QED) is 0.495. The molecule has 0 amide bonds. The number of sulfonamides is 1. The van der Waals surface area contributed by atoms with E-state index in [1.54, 1.807) is 30.3 Å². The molecule has 0 aliphatic carbocycles. The monoisotopic (exact) mass is 374 g/mol. The fraction of sp³-hybridized carbons (Fsp3) is 0.0455. The lowest BCUT2D eigenvalue weighted by molar-refractivity contribution is 0.598. The molecule has 2 heterocycles. The first kappa shape index (κ1) is 17.2. The van der Waals surface area contributed by atoms with Gasteiger partial charge in [-0.2, -0.15) is 12.8 Å². The normalized spacial score (nSPS) is 12.4. The molecule has 0 N–H and O–H groups in total. The molecule has 134 valence electrons. The van der Waals surface area contributed by atoms with Crippen LogP contribution in [0.3, 0.4) is 0 Å². The van der Waals surface area contributed by atoms with E-state index in [-0.39, 0.29) is 4.90 Å². The van der Waals surface area contributed by atoms with Crippen molar-refractivity contribution in [3.63, 3.8) is 0 Å². The van der Waals surface area contributed by atoms with Gasteiger partial charge in [0.1, 0.15) is 5.71 Å². The van der Waals surface area contributed by atoms with Gasteiger partial charge < -0.3 is 4.40 Å². The molecule has 0 radical (unpaired) electrons. The summed E-state index contributed by atoms with van der Waals surface area (Å²) in [4.78, 5) is 0.178. The molecule has 0 saturated heterocycles. The highest BCUT2D eigenvalue weighted by molar-refractivity contribution is 7.90. The Morgan fingerprint density at radius 3 is 2.19 bits per heavy atom. The molecular weight excluding hydrogens is 356 g/mol. The topological polar surface area (TPSA) is 50.9 Å². The largest absolute Gasteiger partial charge is 0.315 e. The first-order valence-electron chi connectivity index (χ1n) is 8.59. The second kappa shape index (κ2) is 6.85. The van der Waals surface area contributed by atoms with E-state index in [9.17, 15) is 8.42 Å². The Morgan fingerprint density at radius 1 is 0.852 bits per heavy atom. The number of fused-ring (bicyclic) bond motifs is 1. The lowest BCUT2D eigenvalue weighted by Crippen LogP contribution is -2.12. The minimum atomic E-state index is -3.84. The van der Waals surface area contributed by atoms with Gasteiger partial charge >= 0.3 is 0 Å². The second-order valence-corrected chi connectivity index (χ2v) is 7.87. The van der Waals surface area contributed by atoms with E-state index in [1.807, 2.05) is 72.1 Å². The summed E-state index contributed by atoms with van der Waals surface area (Å²) in [7, 11) is -3.84. The van der Waals surface area contributed by atoms with Crippen LogP contribution in [0.5, 0.6) is 0 Å². The molecule has 4 aromatic rings. The molecule has 0 aliphatic rings. The molecule has 4 nitrogen and oxygen atoms in total. The van der Waals surface area contributed by atoms with Crippen molar-refractivity contribution in [3.8, 4) is 0 Å². The molecule has 0 unspecified atom stereocenters. The van der Waals surface area contributed by atoms with Crippen molar-refractivity contribution in [2.24, 2.45) is 4.40 Å². The maximum Gasteiger partial charge on any atom is 0.282 e. The molecule has 0 saturated carbocycles. The van der Waals surface area contributed by atoms with Gasteiger partial charge in [0.05, 0.1) is 10.6 Å². The molecule has 0 spiro atoms. The Hall–Kier alpha value is -3.18. The second-order valence-electron chi connectivity index (χ2n) is 6.27. The maximum absolute atomic E-state index is 13.0. The number of aryl methyl sites for hydroxylation is 1. The van der Waals surface area contributed by atoms with Crippen LogP contribution in [0.15, 0.2) is 100 Å². The highest BCUT2D eigenvalue weighted by Crippen LogP contribution is 2.23. The average Bonchev–Trinajstić information content (AvgIpc) is 3.03. The number of benzene rings is 2. The van der Waals surface area contributed by atoms with Gasteiger partial charge in [-0.05, 0) is 42.8 Å². The van der Waals surface area contributed by atoms with Crippen molar-refractivity contribution in [1.29, 1.82) is 0 Å². The lowest BCUT2D eigenvalue weighted by Gasteiger charge is -2.10. The van der Waals surface area contributed by atoms with Crippen LogP contribution >= 0.6 is 0 Å². The predicted molar refractivity (Wildman–Crippen MR) is 108 cm³/mol. The smallest absolute Gasteiger partial charge is 0.282 e. The van der Waals surface area contributed by atoms with Crippen molar-refractivity contribution in [2.45, 2.75) is 11.8 Å². The average molecular weight is 374 g/mol. The van der Waals surface area contributed by atoms with E-state index in [0.29, 0.717) is 5.71 Å². The fourth-order valence-electron chi connectivity index (χ4n) is 3.15. The minimum Gasteiger partial charge on any atom is -0.315 e. The zero-order valence-electron chi connectivity index (χ0n) is 14.8. The third kappa shape index (κ3) is 3.29. The van der Waals surface area contributed by atoms with Crippen LogP contribution < -0.4 is 0 Å². The Labute approximate surface area is 158 Å². The Kier molecular flexibility index (Phi) is 4.38. The van der Waals surface area contributed by atoms with Crippen LogP contribution in [-0.2, 0) is 10.0 Å². The summed E-state index contributed by atoms with van der Waals surface area (Å²) in [6.07, 6.45) is 1.92. The number of pyridine rings is 1. The number of rotatable bonds is 4. The van der Waals surface area contributed by atoms with Gasteiger partial charge in [-0.25, -0.2) is 0 Å². The van der Waals surface area contributed by atoms with Gasteiger partial charge in [-0.3, -0.25) is 0 Å². The molecule has 0 aliphatic heterocycles. The van der Waals surface area contributed by atoms with E-state index < -0.39 is 10.0 Å². The summed E-state index contributed by atoms with van der Waals surface area (Å²) in [5, 5.41) is 0. The predicted octanol–water partition coefficient (Wildman–Crippen LogP) is 4.47. The number of hydrogen-bond acceptors (Lipinski definition) is 2. The van der Waals surface area contributed by atoms with E-state index >= 15 is 0 Å². The molecule has 2 aromatic carbocycles. The Bertz CT molecular complexity index is 1230. The lowest BCUT2D eigenvalue weighted by atomic mass is 10.1.